The molecule has 0 heterocycles. The third kappa shape index (κ3) is 3.24. The van der Waals surface area contributed by atoms with Crippen molar-refractivity contribution in [3.05, 3.63) is 29.3 Å². The zero-order valence-corrected chi connectivity index (χ0v) is 10.1. The van der Waals surface area contributed by atoms with Crippen molar-refractivity contribution in [2.75, 3.05) is 0 Å². The van der Waals surface area contributed by atoms with Crippen molar-refractivity contribution in [2.24, 2.45) is 5.41 Å². The molecule has 0 unspecified atom stereocenters. The summed E-state index contributed by atoms with van der Waals surface area (Å²) in [6.45, 7) is 5.40. The van der Waals surface area contributed by atoms with Crippen LogP contribution in [0.4, 0.5) is 0 Å². The standard InChI is InChI=1S/C13H16O4/c1-13(2,3)9(12(16)17)6-8-4-5-10(14)11(15)7-8/h4-7,14-15H,1-3H3,(H,16,17). The molecule has 0 fully saturated rings. The molecule has 0 aliphatic heterocycles. The van der Waals surface area contributed by atoms with Crippen LogP contribution in [0.3, 0.4) is 0 Å². The predicted molar refractivity (Wildman–Crippen MR) is 64.8 cm³/mol. The molecule has 0 aromatic heterocycles. The van der Waals surface area contributed by atoms with Crippen LogP contribution >= 0.6 is 0 Å². The summed E-state index contributed by atoms with van der Waals surface area (Å²) in [6.07, 6.45) is 1.49. The van der Waals surface area contributed by atoms with Crippen molar-refractivity contribution in [2.45, 2.75) is 20.8 Å². The molecule has 0 saturated heterocycles. The van der Waals surface area contributed by atoms with Crippen LogP contribution in [-0.2, 0) is 4.79 Å². The molecule has 0 radical (unpaired) electrons. The Morgan fingerprint density at radius 3 is 2.18 bits per heavy atom. The largest absolute Gasteiger partial charge is 0.504 e. The SMILES string of the molecule is CC(C)(C)C(=Cc1ccc(O)c(O)c1)C(=O)O. The Balaban J connectivity index is 3.23. The number of hydrogen-bond acceptors (Lipinski definition) is 3. The Morgan fingerprint density at radius 2 is 1.76 bits per heavy atom. The number of rotatable bonds is 2. The number of phenolic OH excluding ortho intramolecular Hbond substituents is 2. The van der Waals surface area contributed by atoms with E-state index in [1.807, 2.05) is 0 Å². The molecule has 0 atom stereocenters. The number of aliphatic carboxylic acids is 1. The fourth-order valence-electron chi connectivity index (χ4n) is 1.40. The molecular formula is C13H16O4. The first-order valence-electron chi connectivity index (χ1n) is 5.19. The molecule has 1 aromatic carbocycles. The van der Waals surface area contributed by atoms with Crippen molar-refractivity contribution in [3.63, 3.8) is 0 Å². The first kappa shape index (κ1) is 13.1. The van der Waals surface area contributed by atoms with Crippen LogP contribution in [0.1, 0.15) is 26.3 Å². The minimum atomic E-state index is -0.995. The third-order valence-electron chi connectivity index (χ3n) is 2.35. The van der Waals surface area contributed by atoms with Crippen molar-refractivity contribution in [3.8, 4) is 11.5 Å². The molecule has 0 saturated carbocycles. The summed E-state index contributed by atoms with van der Waals surface area (Å²) in [5.41, 5.74) is 0.273. The van der Waals surface area contributed by atoms with Crippen molar-refractivity contribution >= 4 is 12.0 Å². The van der Waals surface area contributed by atoms with Gasteiger partial charge in [0, 0.05) is 5.57 Å². The number of phenols is 2. The van der Waals surface area contributed by atoms with E-state index in [0.29, 0.717) is 5.56 Å². The van der Waals surface area contributed by atoms with E-state index in [1.165, 1.54) is 18.2 Å². The molecule has 1 aromatic rings. The van der Waals surface area contributed by atoms with Crippen LogP contribution in [0.5, 0.6) is 11.5 Å². The average Bonchev–Trinajstić information content (AvgIpc) is 2.17. The maximum Gasteiger partial charge on any atom is 0.332 e. The van der Waals surface area contributed by atoms with E-state index in [9.17, 15) is 9.90 Å². The van der Waals surface area contributed by atoms with Crippen LogP contribution in [-0.4, -0.2) is 21.3 Å². The lowest BCUT2D eigenvalue weighted by Crippen LogP contribution is -2.17. The second-order valence-corrected chi connectivity index (χ2v) is 4.86. The van der Waals surface area contributed by atoms with Gasteiger partial charge in [-0.1, -0.05) is 26.8 Å². The molecule has 0 bridgehead atoms. The van der Waals surface area contributed by atoms with Crippen LogP contribution in [0.15, 0.2) is 23.8 Å². The second-order valence-electron chi connectivity index (χ2n) is 4.86. The van der Waals surface area contributed by atoms with Crippen molar-refractivity contribution in [1.29, 1.82) is 0 Å². The summed E-state index contributed by atoms with van der Waals surface area (Å²) in [5.74, 6) is -1.49. The van der Waals surface area contributed by atoms with Gasteiger partial charge in [-0.15, -0.1) is 0 Å². The molecule has 0 aliphatic carbocycles. The summed E-state index contributed by atoms with van der Waals surface area (Å²) >= 11 is 0. The highest BCUT2D eigenvalue weighted by Crippen LogP contribution is 2.30. The summed E-state index contributed by atoms with van der Waals surface area (Å²) in [4.78, 5) is 11.1. The van der Waals surface area contributed by atoms with Crippen LogP contribution in [0, 0.1) is 5.41 Å². The zero-order chi connectivity index (χ0) is 13.2. The van der Waals surface area contributed by atoms with E-state index in [2.05, 4.69) is 0 Å². The van der Waals surface area contributed by atoms with Gasteiger partial charge < -0.3 is 15.3 Å². The average molecular weight is 236 g/mol. The van der Waals surface area contributed by atoms with E-state index in [1.54, 1.807) is 26.8 Å². The number of benzene rings is 1. The maximum atomic E-state index is 11.1. The van der Waals surface area contributed by atoms with Gasteiger partial charge in [0.25, 0.3) is 0 Å². The molecule has 4 nitrogen and oxygen atoms in total. The van der Waals surface area contributed by atoms with Crippen LogP contribution in [0.25, 0.3) is 6.08 Å². The summed E-state index contributed by atoms with van der Waals surface area (Å²) < 4.78 is 0. The fourth-order valence-corrected chi connectivity index (χ4v) is 1.40. The second kappa shape index (κ2) is 4.49. The van der Waals surface area contributed by atoms with Gasteiger partial charge in [-0.25, -0.2) is 4.79 Å². The van der Waals surface area contributed by atoms with Gasteiger partial charge in [-0.2, -0.15) is 0 Å². The first-order valence-corrected chi connectivity index (χ1v) is 5.19. The number of hydrogen-bond donors (Lipinski definition) is 3. The Kier molecular flexibility index (Phi) is 3.46. The van der Waals surface area contributed by atoms with Gasteiger partial charge in [0.2, 0.25) is 0 Å². The zero-order valence-electron chi connectivity index (χ0n) is 10.1. The summed E-state index contributed by atoms with van der Waals surface area (Å²) in [7, 11) is 0. The number of carboxylic acids is 1. The van der Waals surface area contributed by atoms with Crippen LogP contribution < -0.4 is 0 Å². The van der Waals surface area contributed by atoms with Gasteiger partial charge in [0.15, 0.2) is 11.5 Å². The van der Waals surface area contributed by atoms with E-state index >= 15 is 0 Å². The molecule has 1 rings (SSSR count). The van der Waals surface area contributed by atoms with Crippen LogP contribution in [0.2, 0.25) is 0 Å². The quantitative estimate of drug-likeness (QED) is 0.545. The van der Waals surface area contributed by atoms with E-state index in [-0.39, 0.29) is 17.1 Å². The summed E-state index contributed by atoms with van der Waals surface area (Å²) in [5, 5.41) is 27.6. The smallest absolute Gasteiger partial charge is 0.332 e. The van der Waals surface area contributed by atoms with E-state index in [4.69, 9.17) is 10.2 Å². The molecule has 17 heavy (non-hydrogen) atoms. The molecule has 0 aliphatic rings. The third-order valence-corrected chi connectivity index (χ3v) is 2.35. The molecule has 0 amide bonds. The van der Waals surface area contributed by atoms with Gasteiger partial charge in [0.1, 0.15) is 0 Å². The molecule has 92 valence electrons. The monoisotopic (exact) mass is 236 g/mol. The van der Waals surface area contributed by atoms with Gasteiger partial charge in [-0.05, 0) is 29.2 Å². The molecule has 3 N–H and O–H groups in total. The Labute approximate surface area is 99.8 Å². The van der Waals surface area contributed by atoms with Gasteiger partial charge >= 0.3 is 5.97 Å². The maximum absolute atomic E-state index is 11.1. The highest BCUT2D eigenvalue weighted by molar-refractivity contribution is 5.93. The molecule has 0 spiro atoms. The normalized spacial score (nSPS) is 12.5. The van der Waals surface area contributed by atoms with Gasteiger partial charge in [0.05, 0.1) is 0 Å². The van der Waals surface area contributed by atoms with E-state index in [0.717, 1.165) is 0 Å². The minimum Gasteiger partial charge on any atom is -0.504 e. The minimum absolute atomic E-state index is 0.227. The van der Waals surface area contributed by atoms with Gasteiger partial charge in [-0.3, -0.25) is 0 Å². The lowest BCUT2D eigenvalue weighted by Gasteiger charge is -2.19. The topological polar surface area (TPSA) is 77.8 Å². The predicted octanol–water partition coefficient (Wildman–Crippen LogP) is 2.61. The number of aromatic hydroxyl groups is 2. The van der Waals surface area contributed by atoms with E-state index < -0.39 is 11.4 Å². The van der Waals surface area contributed by atoms with Crippen molar-refractivity contribution in [1.82, 2.24) is 0 Å². The lowest BCUT2D eigenvalue weighted by molar-refractivity contribution is -0.133. The highest BCUT2D eigenvalue weighted by atomic mass is 16.4. The first-order chi connectivity index (χ1) is 7.71. The van der Waals surface area contributed by atoms with Crippen molar-refractivity contribution < 1.29 is 20.1 Å². The Bertz CT molecular complexity index is 467. The number of carbonyl (C=O) groups is 1. The molecular weight excluding hydrogens is 220 g/mol. The highest BCUT2D eigenvalue weighted by Gasteiger charge is 2.23. The number of carboxylic acid groups (broad SMARTS) is 1. The Morgan fingerprint density at radius 1 is 1.18 bits per heavy atom. The Hall–Kier alpha value is -1.97. The fraction of sp³-hybridized carbons (Fsp3) is 0.308. The lowest BCUT2D eigenvalue weighted by atomic mass is 9.85. The molecule has 4 heteroatoms. The summed E-state index contributed by atoms with van der Waals surface area (Å²) in [6, 6.07) is 4.19.